The lowest BCUT2D eigenvalue weighted by Crippen LogP contribution is -2.24. The first kappa shape index (κ1) is 16.2. The zero-order valence-electron chi connectivity index (χ0n) is 9.69. The number of aromatic carboxylic acids is 1. The molecule has 0 bridgehead atoms. The number of hydrogen-bond donors (Lipinski definition) is 2. The van der Waals surface area contributed by atoms with Crippen molar-refractivity contribution in [3.8, 4) is 0 Å². The zero-order valence-corrected chi connectivity index (χ0v) is 12.8. The van der Waals surface area contributed by atoms with Gasteiger partial charge in [-0.05, 0) is 34.5 Å². The molecule has 5 nitrogen and oxygen atoms in total. The van der Waals surface area contributed by atoms with E-state index in [-0.39, 0.29) is 26.5 Å². The monoisotopic (exact) mass is 367 g/mol. The third-order valence-corrected chi connectivity index (χ3v) is 4.88. The minimum Gasteiger partial charge on any atom is -0.478 e. The van der Waals surface area contributed by atoms with Crippen LogP contribution in [-0.4, -0.2) is 26.0 Å². The van der Waals surface area contributed by atoms with Gasteiger partial charge in [0.15, 0.2) is 0 Å². The van der Waals surface area contributed by atoms with Gasteiger partial charge in [0.05, 0.1) is 15.5 Å². The van der Waals surface area contributed by atoms with Crippen molar-refractivity contribution in [1.29, 1.82) is 0 Å². The van der Waals surface area contributed by atoms with Gasteiger partial charge in [0.2, 0.25) is 10.0 Å². The van der Waals surface area contributed by atoms with Gasteiger partial charge in [-0.25, -0.2) is 17.9 Å². The summed E-state index contributed by atoms with van der Waals surface area (Å²) < 4.78 is 26.4. The summed E-state index contributed by atoms with van der Waals surface area (Å²) in [5, 5.41) is 8.92. The largest absolute Gasteiger partial charge is 0.478 e. The maximum absolute atomic E-state index is 11.9. The molecule has 0 unspecified atom stereocenters. The normalized spacial score (nSPS) is 11.3. The summed E-state index contributed by atoms with van der Waals surface area (Å²) in [4.78, 5) is 10.8. The van der Waals surface area contributed by atoms with Crippen LogP contribution in [-0.2, 0) is 10.0 Å². The van der Waals surface area contributed by atoms with Crippen LogP contribution < -0.4 is 4.72 Å². The molecule has 0 radical (unpaired) electrons. The molecule has 0 aliphatic carbocycles. The summed E-state index contributed by atoms with van der Waals surface area (Å²) in [5.74, 6) is -1.30. The van der Waals surface area contributed by atoms with E-state index in [1.165, 1.54) is 6.07 Å². The molecule has 2 N–H and O–H groups in total. The molecule has 0 heterocycles. The Hall–Kier alpha value is -0.890. The van der Waals surface area contributed by atoms with Gasteiger partial charge in [0.1, 0.15) is 0 Å². The molecule has 0 aliphatic rings. The fourth-order valence-electron chi connectivity index (χ4n) is 1.25. The SMILES string of the molecule is C=CCCNS(=O)(=O)c1cc(Br)c(Cl)c(C(=O)O)c1. The standard InChI is InChI=1S/C11H11BrClNO4S/c1-2-3-4-14-19(17,18)7-5-8(11(15)16)10(13)9(12)6-7/h2,5-6,14H,1,3-4H2,(H,15,16). The van der Waals surface area contributed by atoms with Gasteiger partial charge in [-0.3, -0.25) is 0 Å². The average Bonchev–Trinajstić information content (AvgIpc) is 2.32. The van der Waals surface area contributed by atoms with E-state index in [2.05, 4.69) is 27.2 Å². The molecule has 0 aromatic heterocycles. The molecular weight excluding hydrogens is 358 g/mol. The summed E-state index contributed by atoms with van der Waals surface area (Å²) in [6.45, 7) is 3.67. The van der Waals surface area contributed by atoms with E-state index in [0.29, 0.717) is 6.42 Å². The summed E-state index contributed by atoms with van der Waals surface area (Å²) in [5.41, 5.74) is -0.278. The fourth-order valence-corrected chi connectivity index (χ4v) is 3.15. The second kappa shape index (κ2) is 6.51. The Labute approximate surface area is 124 Å². The van der Waals surface area contributed by atoms with Crippen molar-refractivity contribution in [2.24, 2.45) is 0 Å². The smallest absolute Gasteiger partial charge is 0.337 e. The number of hydrogen-bond acceptors (Lipinski definition) is 3. The fraction of sp³-hybridized carbons (Fsp3) is 0.182. The molecule has 8 heteroatoms. The summed E-state index contributed by atoms with van der Waals surface area (Å²) in [6, 6.07) is 2.27. The first-order valence-corrected chi connectivity index (χ1v) is 7.78. The maximum Gasteiger partial charge on any atom is 0.337 e. The molecule has 0 amide bonds. The van der Waals surface area contributed by atoms with E-state index in [4.69, 9.17) is 16.7 Å². The minimum atomic E-state index is -3.78. The van der Waals surface area contributed by atoms with Crippen LogP contribution in [0.2, 0.25) is 5.02 Å². The Morgan fingerprint density at radius 2 is 2.16 bits per heavy atom. The van der Waals surface area contributed by atoms with E-state index in [1.54, 1.807) is 6.08 Å². The first-order valence-electron chi connectivity index (χ1n) is 5.12. The van der Waals surface area contributed by atoms with Crippen LogP contribution >= 0.6 is 27.5 Å². The number of carbonyl (C=O) groups is 1. The van der Waals surface area contributed by atoms with Crippen LogP contribution in [0.25, 0.3) is 0 Å². The van der Waals surface area contributed by atoms with Crippen LogP contribution in [0.1, 0.15) is 16.8 Å². The maximum atomic E-state index is 11.9. The van der Waals surface area contributed by atoms with Crippen LogP contribution in [0.4, 0.5) is 0 Å². The van der Waals surface area contributed by atoms with Crippen molar-refractivity contribution in [3.63, 3.8) is 0 Å². The third-order valence-electron chi connectivity index (χ3n) is 2.18. The van der Waals surface area contributed by atoms with Crippen LogP contribution in [0, 0.1) is 0 Å². The van der Waals surface area contributed by atoms with Crippen molar-refractivity contribution in [1.82, 2.24) is 4.72 Å². The van der Waals surface area contributed by atoms with Crippen molar-refractivity contribution < 1.29 is 18.3 Å². The molecular formula is C11H11BrClNO4S. The number of carboxylic acids is 1. The van der Waals surface area contributed by atoms with Gasteiger partial charge in [-0.1, -0.05) is 17.7 Å². The highest BCUT2D eigenvalue weighted by Crippen LogP contribution is 2.29. The molecule has 0 saturated heterocycles. The van der Waals surface area contributed by atoms with Crippen molar-refractivity contribution in [2.45, 2.75) is 11.3 Å². The molecule has 0 spiro atoms. The molecule has 0 aliphatic heterocycles. The van der Waals surface area contributed by atoms with Gasteiger partial charge >= 0.3 is 5.97 Å². The number of halogens is 2. The number of sulfonamides is 1. The molecule has 1 aromatic carbocycles. The predicted molar refractivity (Wildman–Crippen MR) is 76.1 cm³/mol. The predicted octanol–water partition coefficient (Wildman–Crippen LogP) is 2.66. The topological polar surface area (TPSA) is 83.5 Å². The zero-order chi connectivity index (χ0) is 14.6. The molecule has 1 aromatic rings. The Bertz CT molecular complexity index is 615. The highest BCUT2D eigenvalue weighted by Gasteiger charge is 2.20. The molecule has 0 fully saturated rings. The Balaban J connectivity index is 3.21. The molecule has 19 heavy (non-hydrogen) atoms. The first-order chi connectivity index (χ1) is 8.79. The van der Waals surface area contributed by atoms with E-state index < -0.39 is 16.0 Å². The summed E-state index contributed by atoms with van der Waals surface area (Å²) in [6.07, 6.45) is 2.04. The second-order valence-corrected chi connectivity index (χ2v) is 6.55. The van der Waals surface area contributed by atoms with Gasteiger partial charge in [-0.2, -0.15) is 0 Å². The number of benzene rings is 1. The van der Waals surface area contributed by atoms with Gasteiger partial charge in [0, 0.05) is 11.0 Å². The van der Waals surface area contributed by atoms with Crippen molar-refractivity contribution in [3.05, 3.63) is 39.8 Å². The third kappa shape index (κ3) is 4.04. The summed E-state index contributed by atoms with van der Waals surface area (Å²) in [7, 11) is -3.78. The van der Waals surface area contributed by atoms with Gasteiger partial charge in [0.25, 0.3) is 0 Å². The quantitative estimate of drug-likeness (QED) is 0.597. The van der Waals surface area contributed by atoms with Crippen molar-refractivity contribution >= 4 is 43.5 Å². The average molecular weight is 369 g/mol. The number of carboxylic acid groups (broad SMARTS) is 1. The minimum absolute atomic E-state index is 0.0439. The number of nitrogens with one attached hydrogen (secondary N) is 1. The number of rotatable bonds is 6. The molecule has 0 saturated carbocycles. The lowest BCUT2D eigenvalue weighted by atomic mass is 10.2. The van der Waals surface area contributed by atoms with Crippen LogP contribution in [0.5, 0.6) is 0 Å². The highest BCUT2D eigenvalue weighted by atomic mass is 79.9. The summed E-state index contributed by atoms with van der Waals surface area (Å²) >= 11 is 8.82. The second-order valence-electron chi connectivity index (χ2n) is 3.55. The van der Waals surface area contributed by atoms with Gasteiger partial charge in [-0.15, -0.1) is 6.58 Å². The van der Waals surface area contributed by atoms with E-state index in [1.807, 2.05) is 0 Å². The Morgan fingerprint density at radius 3 is 2.68 bits per heavy atom. The van der Waals surface area contributed by atoms with Crippen LogP contribution in [0.15, 0.2) is 34.2 Å². The van der Waals surface area contributed by atoms with E-state index in [9.17, 15) is 13.2 Å². The van der Waals surface area contributed by atoms with E-state index in [0.717, 1.165) is 6.07 Å². The highest BCUT2D eigenvalue weighted by molar-refractivity contribution is 9.10. The molecule has 0 atom stereocenters. The van der Waals surface area contributed by atoms with Gasteiger partial charge < -0.3 is 5.11 Å². The molecule has 1 rings (SSSR count). The van der Waals surface area contributed by atoms with Crippen LogP contribution in [0.3, 0.4) is 0 Å². The Morgan fingerprint density at radius 1 is 1.53 bits per heavy atom. The lowest BCUT2D eigenvalue weighted by molar-refractivity contribution is 0.0696. The molecule has 104 valence electrons. The Kier molecular flexibility index (Phi) is 5.54. The lowest BCUT2D eigenvalue weighted by Gasteiger charge is -2.09. The van der Waals surface area contributed by atoms with Crippen molar-refractivity contribution in [2.75, 3.05) is 6.54 Å². The van der Waals surface area contributed by atoms with E-state index >= 15 is 0 Å².